The van der Waals surface area contributed by atoms with Gasteiger partial charge in [-0.25, -0.2) is 9.78 Å². The van der Waals surface area contributed by atoms with Crippen LogP contribution < -0.4 is 5.32 Å². The van der Waals surface area contributed by atoms with Gasteiger partial charge in [0.1, 0.15) is 18.4 Å². The number of carbonyl (C=O) groups excluding carboxylic acids is 2. The molecular formula is C25H36N4O5. The molecule has 186 valence electrons. The van der Waals surface area contributed by atoms with Gasteiger partial charge < -0.3 is 24.1 Å². The maximum absolute atomic E-state index is 12.9. The minimum atomic E-state index is -0.772. The molecule has 0 radical (unpaired) electrons. The van der Waals surface area contributed by atoms with Crippen LogP contribution in [-0.2, 0) is 38.6 Å². The second-order valence-corrected chi connectivity index (χ2v) is 8.95. The maximum atomic E-state index is 12.9. The lowest BCUT2D eigenvalue weighted by molar-refractivity contribution is -0.143. The van der Waals surface area contributed by atoms with Crippen molar-refractivity contribution in [3.63, 3.8) is 0 Å². The van der Waals surface area contributed by atoms with Crippen LogP contribution in [0.5, 0.6) is 0 Å². The van der Waals surface area contributed by atoms with Crippen molar-refractivity contribution in [2.45, 2.75) is 71.0 Å². The zero-order valence-corrected chi connectivity index (χ0v) is 20.5. The molecule has 9 heteroatoms. The number of hydrogen-bond acceptors (Lipinski definition) is 7. The summed E-state index contributed by atoms with van der Waals surface area (Å²) in [5.41, 5.74) is 0.980. The Morgan fingerprint density at radius 1 is 1.29 bits per heavy atom. The minimum Gasteiger partial charge on any atom is -0.468 e. The largest absolute Gasteiger partial charge is 0.468 e. The Hall–Kier alpha value is -2.91. The van der Waals surface area contributed by atoms with Crippen LogP contribution in [0.3, 0.4) is 0 Å². The molecule has 1 aromatic carbocycles. The Kier molecular flexibility index (Phi) is 9.06. The van der Waals surface area contributed by atoms with E-state index < -0.39 is 17.9 Å². The third-order valence-electron chi connectivity index (χ3n) is 5.91. The number of carbonyl (C=O) groups is 2. The first kappa shape index (κ1) is 25.7. The molecule has 1 fully saturated rings. The van der Waals surface area contributed by atoms with Crippen molar-refractivity contribution < 1.29 is 23.8 Å². The number of imidazole rings is 1. The second-order valence-electron chi connectivity index (χ2n) is 8.95. The smallest absolute Gasteiger partial charge is 0.412 e. The number of nitrogens with zero attached hydrogens (tertiary/aromatic N) is 3. The van der Waals surface area contributed by atoms with Crippen molar-refractivity contribution in [3.05, 3.63) is 54.1 Å². The first-order valence-electron chi connectivity index (χ1n) is 11.8. The number of amides is 1. The maximum Gasteiger partial charge on any atom is 0.412 e. The molecule has 1 aromatic heterocycles. The van der Waals surface area contributed by atoms with E-state index >= 15 is 0 Å². The number of aromatic nitrogens is 2. The van der Waals surface area contributed by atoms with E-state index in [1.807, 2.05) is 54.9 Å². The predicted molar refractivity (Wildman–Crippen MR) is 127 cm³/mol. The highest BCUT2D eigenvalue weighted by atomic mass is 16.6. The van der Waals surface area contributed by atoms with E-state index in [1.54, 1.807) is 11.2 Å². The van der Waals surface area contributed by atoms with Crippen LogP contribution in [0.4, 0.5) is 4.79 Å². The van der Waals surface area contributed by atoms with E-state index in [2.05, 4.69) is 17.2 Å². The lowest BCUT2D eigenvalue weighted by atomic mass is 10.1. The number of nitrogens with one attached hydrogen (secondary N) is 1. The Morgan fingerprint density at radius 3 is 2.76 bits per heavy atom. The molecule has 1 amide bonds. The van der Waals surface area contributed by atoms with Crippen LogP contribution in [0, 0.1) is 0 Å². The second kappa shape index (κ2) is 12.0. The van der Waals surface area contributed by atoms with Crippen LogP contribution in [0.15, 0.2) is 42.9 Å². The van der Waals surface area contributed by atoms with E-state index in [0.29, 0.717) is 26.0 Å². The van der Waals surface area contributed by atoms with Crippen LogP contribution in [-0.4, -0.2) is 64.6 Å². The third kappa shape index (κ3) is 6.80. The zero-order chi connectivity index (χ0) is 24.6. The summed E-state index contributed by atoms with van der Waals surface area (Å²) in [4.78, 5) is 31.3. The fourth-order valence-corrected chi connectivity index (χ4v) is 4.16. The van der Waals surface area contributed by atoms with Crippen molar-refractivity contribution in [3.8, 4) is 0 Å². The van der Waals surface area contributed by atoms with Crippen LogP contribution >= 0.6 is 0 Å². The monoisotopic (exact) mass is 472 g/mol. The SMILES string of the molecule is CCCn1cnc(CC(NCCC2COC(C)(C)N2C(=O)OCc2ccccc2)C(=O)OC)c1. The molecule has 0 aliphatic carbocycles. The molecule has 1 aliphatic heterocycles. The molecule has 0 saturated carbocycles. The Morgan fingerprint density at radius 2 is 2.06 bits per heavy atom. The van der Waals surface area contributed by atoms with Gasteiger partial charge in [0.25, 0.3) is 0 Å². The highest BCUT2D eigenvalue weighted by Gasteiger charge is 2.44. The summed E-state index contributed by atoms with van der Waals surface area (Å²) < 4.78 is 18.4. The molecule has 34 heavy (non-hydrogen) atoms. The summed E-state index contributed by atoms with van der Waals surface area (Å²) in [5, 5.41) is 3.27. The number of methoxy groups -OCH3 is 1. The van der Waals surface area contributed by atoms with E-state index in [9.17, 15) is 9.59 Å². The van der Waals surface area contributed by atoms with Gasteiger partial charge in [-0.2, -0.15) is 0 Å². The molecule has 0 spiro atoms. The number of rotatable bonds is 11. The number of esters is 1. The van der Waals surface area contributed by atoms with Crippen LogP contribution in [0.25, 0.3) is 0 Å². The standard InChI is InChI=1S/C25H36N4O5/c1-5-13-28-15-20(27-18-28)14-22(23(30)32-4)26-12-11-21-17-34-25(2,3)29(21)24(31)33-16-19-9-7-6-8-10-19/h6-10,15,18,21-22,26H,5,11-14,16-17H2,1-4H3. The first-order valence-corrected chi connectivity index (χ1v) is 11.8. The van der Waals surface area contributed by atoms with Crippen molar-refractivity contribution >= 4 is 12.1 Å². The summed E-state index contributed by atoms with van der Waals surface area (Å²) in [5.74, 6) is -0.341. The van der Waals surface area contributed by atoms with E-state index in [1.165, 1.54) is 7.11 Å². The van der Waals surface area contributed by atoms with E-state index in [-0.39, 0.29) is 18.6 Å². The van der Waals surface area contributed by atoms with Crippen molar-refractivity contribution in [2.75, 3.05) is 20.3 Å². The molecule has 2 aromatic rings. The molecule has 2 heterocycles. The van der Waals surface area contributed by atoms with Crippen molar-refractivity contribution in [1.29, 1.82) is 0 Å². The van der Waals surface area contributed by atoms with E-state index in [0.717, 1.165) is 24.2 Å². The predicted octanol–water partition coefficient (Wildman–Crippen LogP) is 3.13. The fourth-order valence-electron chi connectivity index (χ4n) is 4.16. The van der Waals surface area contributed by atoms with Gasteiger partial charge in [0.2, 0.25) is 0 Å². The lowest BCUT2D eigenvalue weighted by Crippen LogP contribution is -2.49. The normalized spacial score (nSPS) is 18.0. The number of benzene rings is 1. The number of ether oxygens (including phenoxy) is 3. The summed E-state index contributed by atoms with van der Waals surface area (Å²) in [7, 11) is 1.38. The Labute approximate surface area is 201 Å². The molecular weight excluding hydrogens is 436 g/mol. The molecule has 2 atom stereocenters. The summed E-state index contributed by atoms with van der Waals surface area (Å²) in [6.07, 6.45) is 5.37. The number of aryl methyl sites for hydroxylation is 1. The topological polar surface area (TPSA) is 94.9 Å². The summed E-state index contributed by atoms with van der Waals surface area (Å²) >= 11 is 0. The Balaban J connectivity index is 1.56. The molecule has 0 bridgehead atoms. The average molecular weight is 473 g/mol. The van der Waals surface area contributed by atoms with Crippen LogP contribution in [0.2, 0.25) is 0 Å². The summed E-state index contributed by atoms with van der Waals surface area (Å²) in [6, 6.07) is 8.87. The highest BCUT2D eigenvalue weighted by molar-refractivity contribution is 5.76. The lowest BCUT2D eigenvalue weighted by Gasteiger charge is -2.33. The minimum absolute atomic E-state index is 0.173. The van der Waals surface area contributed by atoms with Gasteiger partial charge in [-0.1, -0.05) is 37.3 Å². The zero-order valence-electron chi connectivity index (χ0n) is 20.5. The van der Waals surface area contributed by atoms with Crippen molar-refractivity contribution in [1.82, 2.24) is 19.8 Å². The molecule has 9 nitrogen and oxygen atoms in total. The Bertz CT molecular complexity index is 930. The average Bonchev–Trinajstić information content (AvgIpc) is 3.40. The molecule has 2 unspecified atom stereocenters. The van der Waals surface area contributed by atoms with Gasteiger partial charge >= 0.3 is 12.1 Å². The van der Waals surface area contributed by atoms with Crippen molar-refractivity contribution in [2.24, 2.45) is 0 Å². The fraction of sp³-hybridized carbons (Fsp3) is 0.560. The van der Waals surface area contributed by atoms with E-state index in [4.69, 9.17) is 14.2 Å². The van der Waals surface area contributed by atoms with Gasteiger partial charge in [-0.05, 0) is 38.8 Å². The van der Waals surface area contributed by atoms with Gasteiger partial charge in [0, 0.05) is 19.2 Å². The molecule has 1 N–H and O–H groups in total. The number of hydrogen-bond donors (Lipinski definition) is 1. The molecule has 3 rings (SSSR count). The summed E-state index contributed by atoms with van der Waals surface area (Å²) in [6.45, 7) is 7.81. The highest BCUT2D eigenvalue weighted by Crippen LogP contribution is 2.29. The molecule has 1 aliphatic rings. The van der Waals surface area contributed by atoms with Crippen LogP contribution in [0.1, 0.15) is 44.9 Å². The quantitative estimate of drug-likeness (QED) is 0.502. The van der Waals surface area contributed by atoms with Gasteiger partial charge in [-0.3, -0.25) is 9.69 Å². The molecule has 1 saturated heterocycles. The van der Waals surface area contributed by atoms with Gasteiger partial charge in [0.05, 0.1) is 31.8 Å². The van der Waals surface area contributed by atoms with Gasteiger partial charge in [-0.15, -0.1) is 0 Å². The third-order valence-corrected chi connectivity index (χ3v) is 5.91. The first-order chi connectivity index (χ1) is 16.3. The van der Waals surface area contributed by atoms with Gasteiger partial charge in [0.15, 0.2) is 0 Å².